The maximum atomic E-state index is 14.7. The van der Waals surface area contributed by atoms with Gasteiger partial charge in [-0.2, -0.15) is 13.2 Å². The fraction of sp³-hybridized carbons (Fsp3) is 0.490. The molecule has 2 saturated heterocycles. The van der Waals surface area contributed by atoms with Gasteiger partial charge in [0.15, 0.2) is 5.69 Å². The molecular formula is C51H62F3IN8O2. The van der Waals surface area contributed by atoms with Gasteiger partial charge in [0.2, 0.25) is 11.8 Å². The van der Waals surface area contributed by atoms with Gasteiger partial charge in [-0.15, -0.1) is 0 Å². The van der Waals surface area contributed by atoms with Gasteiger partial charge in [0.1, 0.15) is 17.7 Å². The molecule has 5 aromatic rings. The lowest BCUT2D eigenvalue weighted by atomic mass is 9.82. The van der Waals surface area contributed by atoms with Crippen molar-refractivity contribution in [2.45, 2.75) is 113 Å². The standard InChI is InChI=1S/C51H62F3IN8O2/c1-5-60(6-2)44(37-14-10-9-11-15-37)49(64)62-30-12-16-41(62)47-56-32-40(57-47)35-22-18-33(19-23-35)34-20-24-36(25-21-34)43-46(51(52,53)54)59-48(58-43)42-17-13-31-63(42)50(65)45(61(7-3)8-4)38-26-28-39(55)29-27-38/h9-11,14-15,18-25,32,38-39,41-42,44-45H,5-8,12-13,16-17,26-31H2,1-4H3,(H,56,57)(H,58,59)/t38?,39?,41?,42-,44+,45+/m0/s1. The van der Waals surface area contributed by atoms with Crippen LogP contribution in [0.15, 0.2) is 85.1 Å². The minimum atomic E-state index is -4.69. The van der Waals surface area contributed by atoms with E-state index in [4.69, 9.17) is 4.98 Å². The second kappa shape index (κ2) is 20.5. The summed E-state index contributed by atoms with van der Waals surface area (Å²) in [7, 11) is 0. The predicted molar refractivity (Wildman–Crippen MR) is 258 cm³/mol. The average molecular weight is 1000 g/mol. The SMILES string of the molecule is CCN(CC)[C@@H](C(=O)N1CCCC1c1ncc(-c2ccc(-c3ccc(-c4[nH]c([C@@H]5CCCN5C(=O)[C@@H](C5CCC(I)CC5)N(CC)CC)nc4C(F)(F)F)cc3)cc2)[nH]1)c1ccccc1. The summed E-state index contributed by atoms with van der Waals surface area (Å²) in [5.74, 6) is 1.29. The second-order valence-electron chi connectivity index (χ2n) is 17.8. The molecule has 4 atom stereocenters. The molecule has 2 N–H and O–H groups in total. The Labute approximate surface area is 394 Å². The topological polar surface area (TPSA) is 104 Å². The third kappa shape index (κ3) is 9.95. The first-order valence-corrected chi connectivity index (χ1v) is 24.9. The Morgan fingerprint density at radius 2 is 1.23 bits per heavy atom. The van der Waals surface area contributed by atoms with Gasteiger partial charge >= 0.3 is 6.18 Å². The van der Waals surface area contributed by atoms with Crippen LogP contribution >= 0.6 is 22.6 Å². The molecule has 1 unspecified atom stereocenters. The molecule has 0 bridgehead atoms. The van der Waals surface area contributed by atoms with Gasteiger partial charge in [0.05, 0.1) is 35.7 Å². The maximum absolute atomic E-state index is 14.7. The van der Waals surface area contributed by atoms with Crippen molar-refractivity contribution in [2.75, 3.05) is 39.3 Å². The number of aromatic amines is 2. The zero-order chi connectivity index (χ0) is 45.8. The van der Waals surface area contributed by atoms with Crippen molar-refractivity contribution >= 4 is 34.4 Å². The summed E-state index contributed by atoms with van der Waals surface area (Å²) in [5.41, 5.74) is 3.85. The number of amides is 2. The van der Waals surface area contributed by atoms with Crippen LogP contribution in [-0.4, -0.2) is 101 Å². The van der Waals surface area contributed by atoms with Crippen LogP contribution in [0, 0.1) is 5.92 Å². The fourth-order valence-electron chi connectivity index (χ4n) is 10.6. The number of nitrogens with one attached hydrogen (secondary N) is 2. The maximum Gasteiger partial charge on any atom is 0.435 e. The Morgan fingerprint density at radius 3 is 1.80 bits per heavy atom. The largest absolute Gasteiger partial charge is 0.435 e. The number of aromatic nitrogens is 4. The van der Waals surface area contributed by atoms with Crippen molar-refractivity contribution in [3.05, 3.63) is 108 Å². The molecule has 3 aliphatic rings. The van der Waals surface area contributed by atoms with Crippen LogP contribution in [0.2, 0.25) is 0 Å². The van der Waals surface area contributed by atoms with Crippen molar-refractivity contribution in [3.63, 3.8) is 0 Å². The number of carbonyl (C=O) groups excluding carboxylic acids is 2. The monoisotopic (exact) mass is 1000 g/mol. The number of rotatable bonds is 15. The van der Waals surface area contributed by atoms with Gasteiger partial charge in [0, 0.05) is 22.6 Å². The normalized spacial score (nSPS) is 21.4. The Kier molecular flexibility index (Phi) is 14.8. The number of benzene rings is 3. The van der Waals surface area contributed by atoms with Crippen molar-refractivity contribution in [1.29, 1.82) is 0 Å². The first-order valence-electron chi connectivity index (χ1n) is 23.6. The molecule has 65 heavy (non-hydrogen) atoms. The summed E-state index contributed by atoms with van der Waals surface area (Å²) in [5, 5.41) is 0. The molecule has 346 valence electrons. The summed E-state index contributed by atoms with van der Waals surface area (Å²) in [6.45, 7) is 12.5. The van der Waals surface area contributed by atoms with Crippen LogP contribution in [0.5, 0.6) is 0 Å². The molecular weight excluding hydrogens is 941 g/mol. The lowest BCUT2D eigenvalue weighted by Gasteiger charge is -2.40. The Morgan fingerprint density at radius 1 is 0.692 bits per heavy atom. The van der Waals surface area contributed by atoms with E-state index in [0.717, 1.165) is 98.5 Å². The third-order valence-electron chi connectivity index (χ3n) is 14.1. The number of likely N-dealkylation sites (tertiary alicyclic amines) is 2. The van der Waals surface area contributed by atoms with Crippen molar-refractivity contribution < 1.29 is 22.8 Å². The number of imidazole rings is 2. The van der Waals surface area contributed by atoms with E-state index in [9.17, 15) is 22.8 Å². The Balaban J connectivity index is 0.981. The molecule has 0 radical (unpaired) electrons. The van der Waals surface area contributed by atoms with E-state index < -0.39 is 17.9 Å². The van der Waals surface area contributed by atoms with E-state index >= 15 is 0 Å². The van der Waals surface area contributed by atoms with Gasteiger partial charge in [-0.25, -0.2) is 9.97 Å². The minimum absolute atomic E-state index is 0.0125. The van der Waals surface area contributed by atoms with E-state index in [1.807, 2.05) is 77.8 Å². The molecule has 14 heteroatoms. The molecule has 10 nitrogen and oxygen atoms in total. The average Bonchev–Trinajstić information content (AvgIpc) is 4.17. The summed E-state index contributed by atoms with van der Waals surface area (Å²) in [6.07, 6.45) is 4.22. The molecule has 2 aliphatic heterocycles. The van der Waals surface area contributed by atoms with Crippen LogP contribution in [0.4, 0.5) is 13.2 Å². The number of H-pyrrole nitrogens is 2. The lowest BCUT2D eigenvalue weighted by Crippen LogP contribution is -2.53. The highest BCUT2D eigenvalue weighted by molar-refractivity contribution is 14.1. The number of carbonyl (C=O) groups is 2. The molecule has 2 aromatic heterocycles. The Hall–Kier alpha value is -4.54. The minimum Gasteiger partial charge on any atom is -0.340 e. The van der Waals surface area contributed by atoms with E-state index in [1.54, 1.807) is 17.0 Å². The number of likely N-dealkylation sites (N-methyl/N-ethyl adjacent to an activating group) is 2. The highest BCUT2D eigenvalue weighted by Crippen LogP contribution is 2.42. The zero-order valence-corrected chi connectivity index (χ0v) is 40.1. The van der Waals surface area contributed by atoms with Crippen LogP contribution < -0.4 is 0 Å². The smallest absolute Gasteiger partial charge is 0.340 e. The molecule has 1 saturated carbocycles. The van der Waals surface area contributed by atoms with Crippen LogP contribution in [-0.2, 0) is 15.8 Å². The third-order valence-corrected chi connectivity index (χ3v) is 15.4. The fourth-order valence-corrected chi connectivity index (χ4v) is 11.4. The molecule has 3 aromatic carbocycles. The Bertz CT molecular complexity index is 2350. The number of halogens is 4. The predicted octanol–water partition coefficient (Wildman–Crippen LogP) is 11.3. The zero-order valence-electron chi connectivity index (χ0n) is 38.0. The van der Waals surface area contributed by atoms with E-state index in [1.165, 1.54) is 0 Å². The van der Waals surface area contributed by atoms with Crippen molar-refractivity contribution in [2.24, 2.45) is 5.92 Å². The number of hydrogen-bond acceptors (Lipinski definition) is 6. The highest BCUT2D eigenvalue weighted by atomic mass is 127. The second-order valence-corrected chi connectivity index (χ2v) is 19.5. The first-order chi connectivity index (χ1) is 31.4. The van der Waals surface area contributed by atoms with Crippen LogP contribution in [0.25, 0.3) is 33.6 Å². The van der Waals surface area contributed by atoms with Gasteiger partial charge in [-0.3, -0.25) is 19.4 Å². The van der Waals surface area contributed by atoms with Gasteiger partial charge in [-0.05, 0) is 106 Å². The quantitative estimate of drug-likeness (QED) is 0.0800. The molecule has 3 fully saturated rings. The summed E-state index contributed by atoms with van der Waals surface area (Å²) in [4.78, 5) is 52.6. The molecule has 0 spiro atoms. The van der Waals surface area contributed by atoms with Gasteiger partial charge in [-0.1, -0.05) is 129 Å². The molecule has 8 rings (SSSR count). The summed E-state index contributed by atoms with van der Waals surface area (Å²) < 4.78 is 44.7. The van der Waals surface area contributed by atoms with Crippen molar-refractivity contribution in [3.8, 4) is 33.6 Å². The molecule has 1 aliphatic carbocycles. The first kappa shape index (κ1) is 47.0. The van der Waals surface area contributed by atoms with Gasteiger partial charge < -0.3 is 19.8 Å². The van der Waals surface area contributed by atoms with Crippen LogP contribution in [0.1, 0.15) is 120 Å². The van der Waals surface area contributed by atoms with E-state index in [0.29, 0.717) is 35.4 Å². The van der Waals surface area contributed by atoms with Crippen molar-refractivity contribution in [1.82, 2.24) is 39.5 Å². The van der Waals surface area contributed by atoms with E-state index in [2.05, 4.69) is 75.0 Å². The molecule has 4 heterocycles. The number of hydrogen-bond donors (Lipinski definition) is 2. The van der Waals surface area contributed by atoms with Crippen LogP contribution in [0.3, 0.4) is 0 Å². The lowest BCUT2D eigenvalue weighted by molar-refractivity contribution is -0.141. The summed E-state index contributed by atoms with van der Waals surface area (Å²) >= 11 is 2.50. The number of nitrogens with zero attached hydrogens (tertiary/aromatic N) is 6. The molecule has 2 amide bonds. The van der Waals surface area contributed by atoms with E-state index in [-0.39, 0.29) is 47.4 Å². The van der Waals surface area contributed by atoms with Gasteiger partial charge in [0.25, 0.3) is 0 Å². The summed E-state index contributed by atoms with van der Waals surface area (Å²) in [6, 6.07) is 23.7. The number of alkyl halides is 4. The highest BCUT2D eigenvalue weighted by Gasteiger charge is 2.44.